The molecule has 3 nitrogen and oxygen atoms in total. The van der Waals surface area contributed by atoms with E-state index in [1.165, 1.54) is 11.3 Å². The van der Waals surface area contributed by atoms with Gasteiger partial charge in [0.2, 0.25) is 0 Å². The Bertz CT molecular complexity index is 566. The highest BCUT2D eigenvalue weighted by molar-refractivity contribution is 7.21. The van der Waals surface area contributed by atoms with Gasteiger partial charge < -0.3 is 10.5 Å². The van der Waals surface area contributed by atoms with E-state index in [1.807, 2.05) is 45.0 Å². The number of hydrogen-bond acceptors (Lipinski definition) is 4. The quantitative estimate of drug-likeness (QED) is 0.788. The number of thiophene rings is 1. The van der Waals surface area contributed by atoms with Crippen LogP contribution in [0.4, 0.5) is 5.69 Å². The highest BCUT2D eigenvalue weighted by Crippen LogP contribution is 2.34. The molecule has 0 radical (unpaired) electrons. The van der Waals surface area contributed by atoms with Crippen molar-refractivity contribution in [1.29, 1.82) is 0 Å². The van der Waals surface area contributed by atoms with E-state index in [4.69, 9.17) is 10.5 Å². The number of esters is 1. The van der Waals surface area contributed by atoms with E-state index in [0.717, 1.165) is 10.1 Å². The van der Waals surface area contributed by atoms with Crippen molar-refractivity contribution < 1.29 is 9.53 Å². The molecule has 4 heteroatoms. The summed E-state index contributed by atoms with van der Waals surface area (Å²) in [7, 11) is 0. The largest absolute Gasteiger partial charge is 0.456 e. The van der Waals surface area contributed by atoms with Crippen molar-refractivity contribution in [3.8, 4) is 0 Å². The Hall–Kier alpha value is -1.55. The molecule has 0 aliphatic rings. The van der Waals surface area contributed by atoms with Crippen molar-refractivity contribution in [2.75, 3.05) is 5.73 Å². The molecule has 0 spiro atoms. The molecule has 0 atom stereocenters. The Morgan fingerprint density at radius 3 is 2.53 bits per heavy atom. The van der Waals surface area contributed by atoms with Crippen LogP contribution in [0.3, 0.4) is 0 Å². The molecule has 0 unspecified atom stereocenters. The second-order valence-corrected chi connectivity index (χ2v) is 5.90. The molecule has 2 rings (SSSR count). The van der Waals surface area contributed by atoms with Gasteiger partial charge >= 0.3 is 5.97 Å². The summed E-state index contributed by atoms with van der Waals surface area (Å²) < 4.78 is 6.33. The molecule has 0 fully saturated rings. The molecule has 2 aromatic rings. The Balaban J connectivity index is 2.43. The number of nitrogen functional groups attached to an aromatic ring is 1. The van der Waals surface area contributed by atoms with Crippen LogP contribution in [0.25, 0.3) is 10.1 Å². The van der Waals surface area contributed by atoms with Crippen LogP contribution in [-0.4, -0.2) is 11.6 Å². The van der Waals surface area contributed by atoms with E-state index in [1.54, 1.807) is 0 Å². The normalized spacial score (nSPS) is 11.7. The lowest BCUT2D eigenvalue weighted by molar-refractivity contribution is 0.00765. The first-order valence-electron chi connectivity index (χ1n) is 5.39. The molecule has 0 aliphatic carbocycles. The molecule has 1 aromatic heterocycles. The maximum Gasteiger partial charge on any atom is 0.351 e. The van der Waals surface area contributed by atoms with Crippen molar-refractivity contribution >= 4 is 33.1 Å². The number of carbonyl (C=O) groups is 1. The van der Waals surface area contributed by atoms with Gasteiger partial charge in [-0.3, -0.25) is 0 Å². The van der Waals surface area contributed by atoms with E-state index in [2.05, 4.69) is 0 Å². The van der Waals surface area contributed by atoms with E-state index < -0.39 is 5.60 Å². The number of ether oxygens (including phenoxy) is 1. The number of nitrogens with two attached hydrogens (primary N) is 1. The number of fused-ring (bicyclic) bond motifs is 1. The van der Waals surface area contributed by atoms with Gasteiger partial charge in [0.25, 0.3) is 0 Å². The number of benzene rings is 1. The van der Waals surface area contributed by atoms with Gasteiger partial charge in [0.15, 0.2) is 0 Å². The van der Waals surface area contributed by atoms with Crippen molar-refractivity contribution in [2.45, 2.75) is 26.4 Å². The summed E-state index contributed by atoms with van der Waals surface area (Å²) in [5, 5.41) is 0.915. The fraction of sp³-hybridized carbons (Fsp3) is 0.308. The van der Waals surface area contributed by atoms with Crippen LogP contribution in [0.2, 0.25) is 0 Å². The molecule has 0 saturated carbocycles. The predicted molar refractivity (Wildman–Crippen MR) is 71.4 cm³/mol. The van der Waals surface area contributed by atoms with E-state index in [-0.39, 0.29) is 5.97 Å². The molecule has 0 amide bonds. The van der Waals surface area contributed by atoms with Gasteiger partial charge in [-0.15, -0.1) is 11.3 Å². The molecule has 90 valence electrons. The van der Waals surface area contributed by atoms with Crippen LogP contribution in [0.5, 0.6) is 0 Å². The Morgan fingerprint density at radius 1 is 1.29 bits per heavy atom. The van der Waals surface area contributed by atoms with Crippen molar-refractivity contribution in [3.63, 3.8) is 0 Å². The van der Waals surface area contributed by atoms with Crippen molar-refractivity contribution in [1.82, 2.24) is 0 Å². The van der Waals surface area contributed by atoms with Gasteiger partial charge in [-0.25, -0.2) is 4.79 Å². The standard InChI is InChI=1S/C13H15NO2S/c1-13(2,3)16-12(15)11-10(14)8-6-4-5-7-9(8)17-11/h4-7H,14H2,1-3H3. The Labute approximate surface area is 104 Å². The summed E-state index contributed by atoms with van der Waals surface area (Å²) in [5.41, 5.74) is 5.98. The Kier molecular flexibility index (Phi) is 2.83. The smallest absolute Gasteiger partial charge is 0.351 e. The average Bonchev–Trinajstić information content (AvgIpc) is 2.55. The molecule has 1 aromatic carbocycles. The maximum atomic E-state index is 12.0. The molecular formula is C13H15NO2S. The van der Waals surface area contributed by atoms with Crippen molar-refractivity contribution in [2.24, 2.45) is 0 Å². The average molecular weight is 249 g/mol. The molecular weight excluding hydrogens is 234 g/mol. The van der Waals surface area contributed by atoms with Crippen molar-refractivity contribution in [3.05, 3.63) is 29.1 Å². The van der Waals surface area contributed by atoms with Crippen LogP contribution < -0.4 is 5.73 Å². The summed E-state index contributed by atoms with van der Waals surface area (Å²) in [5.74, 6) is -0.351. The maximum absolute atomic E-state index is 12.0. The minimum Gasteiger partial charge on any atom is -0.456 e. The van der Waals surface area contributed by atoms with Gasteiger partial charge in [-0.2, -0.15) is 0 Å². The first-order chi connectivity index (χ1) is 7.88. The van der Waals surface area contributed by atoms with Crippen LogP contribution in [0.1, 0.15) is 30.4 Å². The molecule has 17 heavy (non-hydrogen) atoms. The minimum absolute atomic E-state index is 0.351. The second-order valence-electron chi connectivity index (χ2n) is 4.84. The third kappa shape index (κ3) is 2.42. The first kappa shape index (κ1) is 11.9. The van der Waals surface area contributed by atoms with Crippen LogP contribution >= 0.6 is 11.3 Å². The van der Waals surface area contributed by atoms with Gasteiger partial charge in [0.05, 0.1) is 5.69 Å². The minimum atomic E-state index is -0.500. The summed E-state index contributed by atoms with van der Waals surface area (Å²) in [4.78, 5) is 12.4. The summed E-state index contributed by atoms with van der Waals surface area (Å²) in [6.45, 7) is 5.53. The second kappa shape index (κ2) is 4.04. The lowest BCUT2D eigenvalue weighted by atomic mass is 10.2. The Morgan fingerprint density at radius 2 is 1.94 bits per heavy atom. The summed E-state index contributed by atoms with van der Waals surface area (Å²) >= 11 is 1.37. The monoisotopic (exact) mass is 249 g/mol. The van der Waals surface area contributed by atoms with Gasteiger partial charge in [0, 0.05) is 10.1 Å². The SMILES string of the molecule is CC(C)(C)OC(=O)c1sc2ccccc2c1N. The first-order valence-corrected chi connectivity index (χ1v) is 6.20. The van der Waals surface area contributed by atoms with Gasteiger partial charge in [-0.1, -0.05) is 18.2 Å². The fourth-order valence-electron chi connectivity index (χ4n) is 1.54. The van der Waals surface area contributed by atoms with E-state index in [9.17, 15) is 4.79 Å². The van der Waals surface area contributed by atoms with Gasteiger partial charge in [-0.05, 0) is 26.8 Å². The molecule has 0 bridgehead atoms. The highest BCUT2D eigenvalue weighted by atomic mass is 32.1. The van der Waals surface area contributed by atoms with Crippen LogP contribution in [-0.2, 0) is 4.74 Å². The summed E-state index contributed by atoms with van der Waals surface area (Å²) in [6, 6.07) is 7.70. The third-order valence-corrected chi connectivity index (χ3v) is 3.38. The molecule has 1 heterocycles. The van der Waals surface area contributed by atoms with E-state index in [0.29, 0.717) is 10.6 Å². The summed E-state index contributed by atoms with van der Waals surface area (Å²) in [6.07, 6.45) is 0. The number of carbonyl (C=O) groups excluding carboxylic acids is 1. The lowest BCUT2D eigenvalue weighted by Gasteiger charge is -2.18. The predicted octanol–water partition coefficient (Wildman–Crippen LogP) is 3.44. The fourth-order valence-corrected chi connectivity index (χ4v) is 2.54. The highest BCUT2D eigenvalue weighted by Gasteiger charge is 2.22. The molecule has 0 aliphatic heterocycles. The van der Waals surface area contributed by atoms with Crippen LogP contribution in [0.15, 0.2) is 24.3 Å². The van der Waals surface area contributed by atoms with E-state index >= 15 is 0 Å². The molecule has 0 saturated heterocycles. The van der Waals surface area contributed by atoms with Gasteiger partial charge in [0.1, 0.15) is 10.5 Å². The number of hydrogen-bond donors (Lipinski definition) is 1. The zero-order valence-corrected chi connectivity index (χ0v) is 10.9. The number of anilines is 1. The zero-order valence-electron chi connectivity index (χ0n) is 10.1. The molecule has 2 N–H and O–H groups in total. The van der Waals surface area contributed by atoms with Crippen LogP contribution in [0, 0.1) is 0 Å². The number of rotatable bonds is 1. The topological polar surface area (TPSA) is 52.3 Å². The third-order valence-electron chi connectivity index (χ3n) is 2.22. The lowest BCUT2D eigenvalue weighted by Crippen LogP contribution is -2.23. The zero-order chi connectivity index (χ0) is 12.6.